The highest BCUT2D eigenvalue weighted by atomic mass is 32.2. The molecule has 0 spiro atoms. The van der Waals surface area contributed by atoms with Gasteiger partial charge in [0.05, 0.1) is 4.90 Å². The van der Waals surface area contributed by atoms with E-state index in [0.717, 1.165) is 36.9 Å². The Morgan fingerprint density at radius 2 is 1.76 bits per heavy atom. The maximum absolute atomic E-state index is 13.0. The fourth-order valence-electron chi connectivity index (χ4n) is 7.38. The zero-order valence-electron chi connectivity index (χ0n) is 21.3. The van der Waals surface area contributed by atoms with Gasteiger partial charge in [0.15, 0.2) is 0 Å². The number of aromatic hydroxyl groups is 1. The van der Waals surface area contributed by atoms with E-state index in [2.05, 4.69) is 59.7 Å². The van der Waals surface area contributed by atoms with Gasteiger partial charge in [-0.1, -0.05) is 67.1 Å². The molecule has 6 heteroatoms. The van der Waals surface area contributed by atoms with Crippen LogP contribution in [-0.4, -0.2) is 13.5 Å². The Morgan fingerprint density at radius 1 is 1.00 bits per heavy atom. The Morgan fingerprint density at radius 3 is 2.51 bits per heavy atom. The molecule has 0 aliphatic heterocycles. The van der Waals surface area contributed by atoms with E-state index in [9.17, 15) is 13.5 Å². The smallest absolute Gasteiger partial charge is 0.257 e. The molecule has 1 saturated carbocycles. The van der Waals surface area contributed by atoms with Crippen LogP contribution in [0.2, 0.25) is 0 Å². The minimum Gasteiger partial charge on any atom is -0.508 e. The van der Waals surface area contributed by atoms with E-state index in [0.29, 0.717) is 29.4 Å². The molecule has 6 rings (SSSR count). The van der Waals surface area contributed by atoms with Crippen LogP contribution in [0, 0.1) is 24.2 Å². The minimum atomic E-state index is -3.69. The molecule has 1 fully saturated rings. The summed E-state index contributed by atoms with van der Waals surface area (Å²) in [5.74, 6) is 1.91. The molecule has 3 aliphatic rings. The number of sulfonamides is 1. The zero-order valence-corrected chi connectivity index (χ0v) is 22.1. The summed E-state index contributed by atoms with van der Waals surface area (Å²) in [4.78, 5) is 2.92. The Bertz CT molecular complexity index is 1450. The summed E-state index contributed by atoms with van der Waals surface area (Å²) in [7, 11) is -3.69. The molecular formula is C31H34N2O3S. The van der Waals surface area contributed by atoms with E-state index >= 15 is 0 Å². The average molecular weight is 515 g/mol. The van der Waals surface area contributed by atoms with Crippen molar-refractivity contribution >= 4 is 10.0 Å². The summed E-state index contributed by atoms with van der Waals surface area (Å²) in [6, 6.07) is 23.6. The van der Waals surface area contributed by atoms with E-state index in [1.54, 1.807) is 12.1 Å². The van der Waals surface area contributed by atoms with Crippen molar-refractivity contribution in [3.8, 4) is 5.75 Å². The van der Waals surface area contributed by atoms with Gasteiger partial charge in [-0.3, -0.25) is 0 Å². The largest absolute Gasteiger partial charge is 0.508 e. The van der Waals surface area contributed by atoms with Crippen molar-refractivity contribution in [2.75, 3.05) is 0 Å². The van der Waals surface area contributed by atoms with E-state index < -0.39 is 10.0 Å². The molecule has 1 unspecified atom stereocenters. The highest BCUT2D eigenvalue weighted by molar-refractivity contribution is 7.89. The molecule has 3 aromatic rings. The van der Waals surface area contributed by atoms with Crippen LogP contribution in [0.4, 0.5) is 0 Å². The first kappa shape index (κ1) is 24.3. The van der Waals surface area contributed by atoms with Crippen LogP contribution in [0.1, 0.15) is 60.3 Å². The minimum absolute atomic E-state index is 0.175. The first-order valence-electron chi connectivity index (χ1n) is 13.2. The maximum Gasteiger partial charge on any atom is 0.257 e. The second-order valence-electron chi connectivity index (χ2n) is 11.3. The molecule has 3 N–H and O–H groups in total. The highest BCUT2D eigenvalue weighted by Crippen LogP contribution is 2.64. The van der Waals surface area contributed by atoms with Crippen LogP contribution in [0.25, 0.3) is 0 Å². The molecule has 3 aliphatic carbocycles. The zero-order chi connectivity index (χ0) is 25.8. The summed E-state index contributed by atoms with van der Waals surface area (Å²) in [5.41, 5.74) is 8.94. The van der Waals surface area contributed by atoms with Crippen LogP contribution in [0.3, 0.4) is 0 Å². The molecular weight excluding hydrogens is 480 g/mol. The molecule has 0 heterocycles. The van der Waals surface area contributed by atoms with Crippen molar-refractivity contribution in [2.45, 2.75) is 56.3 Å². The van der Waals surface area contributed by atoms with Crippen LogP contribution < -0.4 is 10.3 Å². The highest BCUT2D eigenvalue weighted by Gasteiger charge is 2.55. The number of benzene rings is 3. The molecule has 3 aromatic carbocycles. The van der Waals surface area contributed by atoms with Gasteiger partial charge in [-0.25, -0.2) is 8.42 Å². The number of aryl methyl sites for hydroxylation is 2. The van der Waals surface area contributed by atoms with Gasteiger partial charge in [0.1, 0.15) is 5.75 Å². The molecule has 0 bridgehead atoms. The first-order chi connectivity index (χ1) is 17.8. The van der Waals surface area contributed by atoms with Gasteiger partial charge in [-0.15, -0.1) is 4.83 Å². The topological polar surface area (TPSA) is 78.4 Å². The van der Waals surface area contributed by atoms with Crippen molar-refractivity contribution in [3.05, 3.63) is 107 Å². The second kappa shape index (κ2) is 9.03. The number of phenolic OH excluding ortho intramolecular Hbond substituents is 1. The van der Waals surface area contributed by atoms with Gasteiger partial charge < -0.3 is 10.5 Å². The summed E-state index contributed by atoms with van der Waals surface area (Å²) in [6.07, 6.45) is 6.09. The lowest BCUT2D eigenvalue weighted by Gasteiger charge is -2.54. The van der Waals surface area contributed by atoms with Crippen LogP contribution in [0.15, 0.2) is 89.5 Å². The predicted molar refractivity (Wildman–Crippen MR) is 145 cm³/mol. The number of hydrogen-bond acceptors (Lipinski definition) is 4. The molecule has 37 heavy (non-hydrogen) atoms. The quantitative estimate of drug-likeness (QED) is 0.369. The van der Waals surface area contributed by atoms with Gasteiger partial charge in [0, 0.05) is 11.1 Å². The Hall–Kier alpha value is -3.09. The van der Waals surface area contributed by atoms with E-state index in [1.165, 1.54) is 16.7 Å². The number of allylic oxidation sites excluding steroid dienone is 2. The molecule has 0 radical (unpaired) electrons. The van der Waals surface area contributed by atoms with Gasteiger partial charge in [0.2, 0.25) is 0 Å². The predicted octanol–water partition coefficient (Wildman–Crippen LogP) is 5.93. The Balaban J connectivity index is 1.33. The lowest BCUT2D eigenvalue weighted by Crippen LogP contribution is -2.49. The SMILES string of the molecule is Cc1ccc(S(=O)(=O)NNC2=CC[C@H]3[C@@H]4CCc5cc(O)ccc5[C@H]4C(c4ccccc4)C[C@]23C)cc1. The molecule has 0 amide bonds. The molecule has 0 aromatic heterocycles. The monoisotopic (exact) mass is 514 g/mol. The Kier molecular flexibility index (Phi) is 5.92. The third kappa shape index (κ3) is 4.16. The summed E-state index contributed by atoms with van der Waals surface area (Å²) < 4.78 is 26.0. The van der Waals surface area contributed by atoms with Gasteiger partial charge in [0.25, 0.3) is 10.0 Å². The molecule has 0 saturated heterocycles. The van der Waals surface area contributed by atoms with Gasteiger partial charge in [-0.05, 0) is 97.2 Å². The van der Waals surface area contributed by atoms with Crippen molar-refractivity contribution in [3.63, 3.8) is 0 Å². The maximum atomic E-state index is 13.0. The number of hydrazine groups is 1. The molecule has 5 nitrogen and oxygen atoms in total. The number of phenols is 1. The van der Waals surface area contributed by atoms with Gasteiger partial charge in [-0.2, -0.15) is 0 Å². The van der Waals surface area contributed by atoms with Gasteiger partial charge >= 0.3 is 0 Å². The van der Waals surface area contributed by atoms with Crippen molar-refractivity contribution < 1.29 is 13.5 Å². The third-order valence-electron chi connectivity index (χ3n) is 9.18. The summed E-state index contributed by atoms with van der Waals surface area (Å²) in [6.45, 7) is 4.25. The third-order valence-corrected chi connectivity index (χ3v) is 10.4. The normalized spacial score (nSPS) is 28.5. The Labute approximate surface area is 219 Å². The summed E-state index contributed by atoms with van der Waals surface area (Å²) in [5, 5.41) is 10.1. The lowest BCUT2D eigenvalue weighted by molar-refractivity contribution is 0.0534. The first-order valence-corrected chi connectivity index (χ1v) is 14.7. The molecule has 192 valence electrons. The van der Waals surface area contributed by atoms with Crippen LogP contribution in [0.5, 0.6) is 5.75 Å². The van der Waals surface area contributed by atoms with E-state index in [-0.39, 0.29) is 10.3 Å². The van der Waals surface area contributed by atoms with Crippen molar-refractivity contribution in [1.29, 1.82) is 0 Å². The fraction of sp³-hybridized carbons (Fsp3) is 0.355. The van der Waals surface area contributed by atoms with Crippen molar-refractivity contribution in [1.82, 2.24) is 10.3 Å². The number of rotatable bonds is 5. The fourth-order valence-corrected chi connectivity index (χ4v) is 8.24. The second-order valence-corrected chi connectivity index (χ2v) is 12.9. The standard InChI is InChI=1S/C31H34N2O3S/c1-20-8-12-24(13-9-20)37(35,36)33-32-29-17-16-28-26-14-10-22-18-23(34)11-15-25(22)30(26)27(19-31(28,29)2)21-6-4-3-5-7-21/h3-9,11-13,15,17-18,26-28,30,32-34H,10,14,16,19H2,1-2H3/t26-,27?,28-,30+,31-/m0/s1. The lowest BCUT2D eigenvalue weighted by atomic mass is 9.50. The molecule has 5 atom stereocenters. The number of nitrogens with one attached hydrogen (secondary N) is 2. The van der Waals surface area contributed by atoms with Crippen LogP contribution >= 0.6 is 0 Å². The van der Waals surface area contributed by atoms with Crippen molar-refractivity contribution in [2.24, 2.45) is 17.3 Å². The van der Waals surface area contributed by atoms with E-state index in [4.69, 9.17) is 0 Å². The van der Waals surface area contributed by atoms with E-state index in [1.807, 2.05) is 31.2 Å². The van der Waals surface area contributed by atoms with Crippen LogP contribution in [-0.2, 0) is 16.4 Å². The number of hydrogen-bond donors (Lipinski definition) is 3. The average Bonchev–Trinajstić information content (AvgIpc) is 3.23. The summed E-state index contributed by atoms with van der Waals surface area (Å²) >= 11 is 0. The number of fused-ring (bicyclic) bond motifs is 5.